The van der Waals surface area contributed by atoms with Gasteiger partial charge in [0.15, 0.2) is 6.10 Å². The number of halogens is 3. The number of nitrogens with zero attached hydrogens (tertiary/aromatic N) is 2. The van der Waals surface area contributed by atoms with Gasteiger partial charge in [-0.1, -0.05) is 6.92 Å². The molecule has 1 saturated carbocycles. The smallest absolute Gasteiger partial charge is 0.425 e. The molecule has 1 aromatic heterocycles. The highest BCUT2D eigenvalue weighted by Gasteiger charge is 2.51. The molecule has 0 radical (unpaired) electrons. The van der Waals surface area contributed by atoms with Crippen LogP contribution in [0.15, 0.2) is 18.3 Å². The average molecular weight is 430 g/mol. The van der Waals surface area contributed by atoms with E-state index in [1.165, 1.54) is 12.3 Å². The molecule has 0 aromatic carbocycles. The van der Waals surface area contributed by atoms with Crippen molar-refractivity contribution in [3.63, 3.8) is 0 Å². The van der Waals surface area contributed by atoms with E-state index in [1.807, 2.05) is 6.92 Å². The highest BCUT2D eigenvalue weighted by atomic mass is 19.4. The molecule has 2 aliphatic rings. The third kappa shape index (κ3) is 4.88. The van der Waals surface area contributed by atoms with Crippen molar-refractivity contribution in [2.45, 2.75) is 70.3 Å². The largest absolute Gasteiger partial charge is 0.465 e. The number of hydrogen-bond donors (Lipinski definition) is 1. The molecule has 6 nitrogen and oxygen atoms in total. The van der Waals surface area contributed by atoms with Crippen LogP contribution in [0.1, 0.15) is 52.4 Å². The normalized spacial score (nSPS) is 28.2. The summed E-state index contributed by atoms with van der Waals surface area (Å²) in [6.45, 7) is 4.34. The van der Waals surface area contributed by atoms with Gasteiger partial charge in [-0.25, -0.2) is 4.98 Å². The Hall–Kier alpha value is -1.87. The predicted octanol–water partition coefficient (Wildman–Crippen LogP) is 3.87. The number of aliphatic hydroxyl groups is 1. The fourth-order valence-electron chi connectivity index (χ4n) is 4.13. The summed E-state index contributed by atoms with van der Waals surface area (Å²) in [5.74, 6) is -0.155. The van der Waals surface area contributed by atoms with Crippen molar-refractivity contribution in [2.24, 2.45) is 5.41 Å². The molecular weight excluding hydrogens is 401 g/mol. The third-order valence-electron chi connectivity index (χ3n) is 6.16. The summed E-state index contributed by atoms with van der Waals surface area (Å²) >= 11 is 0. The maximum Gasteiger partial charge on any atom is 0.425 e. The monoisotopic (exact) mass is 430 g/mol. The number of carbonyl (C=O) groups is 1. The molecule has 1 atom stereocenters. The lowest BCUT2D eigenvalue weighted by molar-refractivity contribution is -0.189. The maximum absolute atomic E-state index is 13.2. The lowest BCUT2D eigenvalue weighted by Gasteiger charge is -2.40. The molecular formula is C21H29F3N2O4. The van der Waals surface area contributed by atoms with Crippen LogP contribution >= 0.6 is 0 Å². The second-order valence-electron chi connectivity index (χ2n) is 8.42. The summed E-state index contributed by atoms with van der Waals surface area (Å²) < 4.78 is 48.2. The fourth-order valence-corrected chi connectivity index (χ4v) is 4.13. The topological polar surface area (TPSA) is 71.9 Å². The zero-order valence-electron chi connectivity index (χ0n) is 17.4. The summed E-state index contributed by atoms with van der Waals surface area (Å²) in [6, 6.07) is 2.90. The number of rotatable bonds is 7. The van der Waals surface area contributed by atoms with E-state index >= 15 is 0 Å². The number of aromatic nitrogens is 1. The Kier molecular flexibility index (Phi) is 6.62. The van der Waals surface area contributed by atoms with E-state index in [1.54, 1.807) is 11.0 Å². The minimum absolute atomic E-state index is 0.0156. The summed E-state index contributed by atoms with van der Waals surface area (Å²) in [4.78, 5) is 18.7. The second-order valence-corrected chi connectivity index (χ2v) is 8.42. The fraction of sp³-hybridized carbons (Fsp3) is 0.714. The Morgan fingerprint density at radius 2 is 1.93 bits per heavy atom. The number of carbonyl (C=O) groups excluding carboxylic acids is 1. The van der Waals surface area contributed by atoms with E-state index in [2.05, 4.69) is 4.98 Å². The highest BCUT2D eigenvalue weighted by molar-refractivity contribution is 5.99. The van der Waals surface area contributed by atoms with E-state index < -0.39 is 23.3 Å². The molecule has 0 bridgehead atoms. The molecule has 2 heterocycles. The van der Waals surface area contributed by atoms with Crippen molar-refractivity contribution in [3.8, 4) is 5.88 Å². The molecule has 1 aliphatic heterocycles. The van der Waals surface area contributed by atoms with Gasteiger partial charge in [-0.3, -0.25) is 4.79 Å². The minimum Gasteiger partial charge on any atom is -0.465 e. The molecule has 9 heteroatoms. The number of hydrogen-bond acceptors (Lipinski definition) is 5. The Morgan fingerprint density at radius 1 is 1.23 bits per heavy atom. The summed E-state index contributed by atoms with van der Waals surface area (Å²) in [7, 11) is 0. The number of ether oxygens (including phenoxy) is 2. The molecule has 3 rings (SSSR count). The molecule has 30 heavy (non-hydrogen) atoms. The predicted molar refractivity (Wildman–Crippen MR) is 104 cm³/mol. The molecule has 1 aliphatic carbocycles. The summed E-state index contributed by atoms with van der Waals surface area (Å²) in [5.41, 5.74) is -0.850. The van der Waals surface area contributed by atoms with Crippen LogP contribution < -0.4 is 9.64 Å². The zero-order valence-corrected chi connectivity index (χ0v) is 17.4. The number of amides is 1. The zero-order chi connectivity index (χ0) is 22.0. The quantitative estimate of drug-likeness (QED) is 0.665. The number of anilines is 1. The van der Waals surface area contributed by atoms with Crippen molar-refractivity contribution < 1.29 is 32.5 Å². The lowest BCUT2D eigenvalue weighted by atomic mass is 9.68. The van der Waals surface area contributed by atoms with Gasteiger partial charge in [-0.15, -0.1) is 0 Å². The lowest BCUT2D eigenvalue weighted by Crippen LogP contribution is -2.45. The molecule has 1 spiro atoms. The van der Waals surface area contributed by atoms with Gasteiger partial charge < -0.3 is 19.5 Å². The van der Waals surface area contributed by atoms with Crippen LogP contribution in [0.4, 0.5) is 18.9 Å². The van der Waals surface area contributed by atoms with Gasteiger partial charge in [0.2, 0.25) is 11.8 Å². The van der Waals surface area contributed by atoms with Crippen LogP contribution in [0, 0.1) is 5.41 Å². The van der Waals surface area contributed by atoms with Gasteiger partial charge in [-0.05, 0) is 51.5 Å². The van der Waals surface area contributed by atoms with Crippen LogP contribution in [-0.4, -0.2) is 53.6 Å². The van der Waals surface area contributed by atoms with Crippen LogP contribution in [0.2, 0.25) is 0 Å². The van der Waals surface area contributed by atoms with Gasteiger partial charge in [0, 0.05) is 19.2 Å². The van der Waals surface area contributed by atoms with Crippen molar-refractivity contribution >= 4 is 11.6 Å². The first-order valence-corrected chi connectivity index (χ1v) is 10.4. The van der Waals surface area contributed by atoms with Crippen LogP contribution in [0.25, 0.3) is 0 Å². The maximum atomic E-state index is 13.2. The molecule has 1 saturated heterocycles. The SMILES string of the molecule is CCCOCC1(O)CCC2(CCN(c3ccc(O[C@H](C)C(F)(F)F)nc3)C2=O)CC1. The second kappa shape index (κ2) is 8.70. The van der Waals surface area contributed by atoms with E-state index in [0.717, 1.165) is 13.3 Å². The van der Waals surface area contributed by atoms with Gasteiger partial charge in [0.05, 0.1) is 29.5 Å². The summed E-state index contributed by atoms with van der Waals surface area (Å²) in [5, 5.41) is 10.7. The highest BCUT2D eigenvalue weighted by Crippen LogP contribution is 2.48. The number of alkyl halides is 3. The van der Waals surface area contributed by atoms with Gasteiger partial charge in [-0.2, -0.15) is 13.2 Å². The van der Waals surface area contributed by atoms with E-state index in [4.69, 9.17) is 9.47 Å². The standard InChI is InChI=1S/C21H29F3N2O4/c1-3-12-29-14-20(28)8-6-19(7-9-20)10-11-26(18(19)27)16-4-5-17(25-13-16)30-15(2)21(22,23)24/h4-5,13,15,28H,3,6-12,14H2,1-2H3/t15-,19?,20?/m1/s1. The Bertz CT molecular complexity index is 731. The first-order chi connectivity index (χ1) is 14.1. The van der Waals surface area contributed by atoms with Crippen molar-refractivity contribution in [1.29, 1.82) is 0 Å². The molecule has 1 N–H and O–H groups in total. The van der Waals surface area contributed by atoms with Crippen LogP contribution in [0.3, 0.4) is 0 Å². The average Bonchev–Trinajstić information content (AvgIpc) is 3.01. The van der Waals surface area contributed by atoms with Gasteiger partial charge in [0.1, 0.15) is 0 Å². The third-order valence-corrected chi connectivity index (χ3v) is 6.16. The van der Waals surface area contributed by atoms with E-state index in [0.29, 0.717) is 50.9 Å². The Balaban J connectivity index is 1.60. The van der Waals surface area contributed by atoms with E-state index in [9.17, 15) is 23.1 Å². The first-order valence-electron chi connectivity index (χ1n) is 10.4. The number of pyridine rings is 1. The Labute approximate surface area is 174 Å². The minimum atomic E-state index is -4.47. The van der Waals surface area contributed by atoms with Crippen LogP contribution in [-0.2, 0) is 9.53 Å². The summed E-state index contributed by atoms with van der Waals surface area (Å²) in [6.07, 6.45) is -1.29. The molecule has 2 fully saturated rings. The molecule has 1 amide bonds. The molecule has 1 aromatic rings. The van der Waals surface area contributed by atoms with E-state index in [-0.39, 0.29) is 18.4 Å². The molecule has 168 valence electrons. The van der Waals surface area contributed by atoms with Crippen molar-refractivity contribution in [2.75, 3.05) is 24.7 Å². The van der Waals surface area contributed by atoms with Crippen molar-refractivity contribution in [3.05, 3.63) is 18.3 Å². The van der Waals surface area contributed by atoms with Gasteiger partial charge >= 0.3 is 6.18 Å². The van der Waals surface area contributed by atoms with Gasteiger partial charge in [0.25, 0.3) is 0 Å². The Morgan fingerprint density at radius 3 is 2.50 bits per heavy atom. The van der Waals surface area contributed by atoms with Crippen molar-refractivity contribution in [1.82, 2.24) is 4.98 Å². The molecule has 0 unspecified atom stereocenters. The van der Waals surface area contributed by atoms with Crippen LogP contribution in [0.5, 0.6) is 5.88 Å². The first kappa shape index (κ1) is 22.8.